The van der Waals surface area contributed by atoms with Crippen LogP contribution in [0.2, 0.25) is 0 Å². The molecule has 2 heterocycles. The number of amides is 1. The van der Waals surface area contributed by atoms with E-state index in [2.05, 4.69) is 63.8 Å². The van der Waals surface area contributed by atoms with Gasteiger partial charge in [-0.05, 0) is 55.7 Å². The predicted octanol–water partition coefficient (Wildman–Crippen LogP) is 4.28. The van der Waals surface area contributed by atoms with Gasteiger partial charge < -0.3 is 20.5 Å². The highest BCUT2D eigenvalue weighted by Gasteiger charge is 2.14. The Morgan fingerprint density at radius 2 is 1.96 bits per heavy atom. The average Bonchev–Trinajstić information content (AvgIpc) is 3.38. The Morgan fingerprint density at radius 1 is 1.14 bits per heavy atom. The summed E-state index contributed by atoms with van der Waals surface area (Å²) in [6.07, 6.45) is 4.89. The van der Waals surface area contributed by atoms with Crippen LogP contribution in [-0.4, -0.2) is 30.0 Å². The Morgan fingerprint density at radius 3 is 2.82 bits per heavy atom. The lowest BCUT2D eigenvalue weighted by Crippen LogP contribution is -2.30. The first-order valence-corrected chi connectivity index (χ1v) is 10.1. The van der Waals surface area contributed by atoms with Crippen molar-refractivity contribution in [1.29, 1.82) is 0 Å². The van der Waals surface area contributed by atoms with Crippen molar-refractivity contribution in [2.24, 2.45) is 0 Å². The van der Waals surface area contributed by atoms with Crippen LogP contribution in [0.15, 0.2) is 54.7 Å². The van der Waals surface area contributed by atoms with E-state index in [4.69, 9.17) is 0 Å². The van der Waals surface area contributed by atoms with Crippen molar-refractivity contribution in [3.63, 3.8) is 0 Å². The van der Waals surface area contributed by atoms with E-state index in [-0.39, 0.29) is 11.9 Å². The summed E-state index contributed by atoms with van der Waals surface area (Å²) in [4.78, 5) is 18.1. The highest BCUT2D eigenvalue weighted by atomic mass is 16.1. The van der Waals surface area contributed by atoms with Gasteiger partial charge in [-0.1, -0.05) is 18.2 Å². The van der Waals surface area contributed by atoms with E-state index in [9.17, 15) is 4.79 Å². The molecule has 0 aliphatic carbocycles. The third-order valence-corrected chi connectivity index (χ3v) is 5.42. The van der Waals surface area contributed by atoms with Crippen LogP contribution in [0.1, 0.15) is 31.7 Å². The standard InChI is InChI=1S/C23H28N4O/c1-17(25-16-18-6-4-9-22-21(18)10-11-24-22)14-23(28)26-19-7-5-8-20(15-19)27-12-2-3-13-27/h4-11,15,17,24-25H,2-3,12-14,16H2,1H3,(H,26,28). The fourth-order valence-corrected chi connectivity index (χ4v) is 3.91. The van der Waals surface area contributed by atoms with Crippen LogP contribution in [0.3, 0.4) is 0 Å². The van der Waals surface area contributed by atoms with Crippen molar-refractivity contribution >= 4 is 28.2 Å². The molecule has 1 aliphatic heterocycles. The van der Waals surface area contributed by atoms with E-state index in [0.29, 0.717) is 6.42 Å². The van der Waals surface area contributed by atoms with E-state index in [1.807, 2.05) is 18.3 Å². The zero-order valence-corrected chi connectivity index (χ0v) is 16.4. The summed E-state index contributed by atoms with van der Waals surface area (Å²) < 4.78 is 0. The van der Waals surface area contributed by atoms with Gasteiger partial charge in [0.2, 0.25) is 5.91 Å². The number of aromatic amines is 1. The molecule has 0 spiro atoms. The zero-order chi connectivity index (χ0) is 19.3. The monoisotopic (exact) mass is 376 g/mol. The molecule has 3 aromatic rings. The fraction of sp³-hybridized carbons (Fsp3) is 0.348. The molecule has 1 amide bonds. The molecule has 2 aromatic carbocycles. The molecule has 4 rings (SSSR count). The molecule has 1 atom stereocenters. The molecule has 5 nitrogen and oxygen atoms in total. The van der Waals surface area contributed by atoms with Gasteiger partial charge in [-0.25, -0.2) is 0 Å². The molecule has 28 heavy (non-hydrogen) atoms. The van der Waals surface area contributed by atoms with Crippen LogP contribution in [-0.2, 0) is 11.3 Å². The Labute approximate surface area is 166 Å². The van der Waals surface area contributed by atoms with Crippen molar-refractivity contribution in [3.8, 4) is 0 Å². The van der Waals surface area contributed by atoms with Crippen LogP contribution < -0.4 is 15.5 Å². The number of rotatable bonds is 7. The molecule has 1 saturated heterocycles. The summed E-state index contributed by atoms with van der Waals surface area (Å²) in [5.74, 6) is 0.0402. The Kier molecular flexibility index (Phi) is 5.63. The number of anilines is 2. The third kappa shape index (κ3) is 4.37. The molecule has 1 unspecified atom stereocenters. The number of hydrogen-bond donors (Lipinski definition) is 3. The van der Waals surface area contributed by atoms with Gasteiger partial charge >= 0.3 is 0 Å². The molecule has 1 aromatic heterocycles. The van der Waals surface area contributed by atoms with Crippen molar-refractivity contribution in [2.45, 2.75) is 38.8 Å². The minimum absolute atomic E-state index is 0.0402. The van der Waals surface area contributed by atoms with Gasteiger partial charge in [0, 0.05) is 60.6 Å². The number of H-pyrrole nitrogens is 1. The van der Waals surface area contributed by atoms with Gasteiger partial charge in [-0.3, -0.25) is 4.79 Å². The lowest BCUT2D eigenvalue weighted by molar-refractivity contribution is -0.116. The van der Waals surface area contributed by atoms with Crippen LogP contribution in [0, 0.1) is 0 Å². The molecule has 1 aliphatic rings. The number of nitrogens with one attached hydrogen (secondary N) is 3. The SMILES string of the molecule is CC(CC(=O)Nc1cccc(N2CCCC2)c1)NCc1cccc2[nH]ccc12. The predicted molar refractivity (Wildman–Crippen MR) is 116 cm³/mol. The van der Waals surface area contributed by atoms with Crippen molar-refractivity contribution in [3.05, 3.63) is 60.3 Å². The lowest BCUT2D eigenvalue weighted by Gasteiger charge is -2.19. The van der Waals surface area contributed by atoms with Crippen LogP contribution >= 0.6 is 0 Å². The summed E-state index contributed by atoms with van der Waals surface area (Å²) in [6.45, 7) is 5.00. The highest BCUT2D eigenvalue weighted by molar-refractivity contribution is 5.91. The Bertz CT molecular complexity index is 942. The summed E-state index contributed by atoms with van der Waals surface area (Å²) >= 11 is 0. The van der Waals surface area contributed by atoms with Crippen LogP contribution in [0.4, 0.5) is 11.4 Å². The maximum atomic E-state index is 12.5. The third-order valence-electron chi connectivity index (χ3n) is 5.42. The first-order chi connectivity index (χ1) is 13.7. The van der Waals surface area contributed by atoms with Gasteiger partial charge in [-0.2, -0.15) is 0 Å². The molecular weight excluding hydrogens is 348 g/mol. The average molecular weight is 377 g/mol. The lowest BCUT2D eigenvalue weighted by atomic mass is 10.1. The smallest absolute Gasteiger partial charge is 0.225 e. The van der Waals surface area contributed by atoms with Crippen molar-refractivity contribution < 1.29 is 4.79 Å². The van der Waals surface area contributed by atoms with E-state index in [0.717, 1.165) is 30.8 Å². The zero-order valence-electron chi connectivity index (χ0n) is 16.4. The molecule has 0 radical (unpaired) electrons. The maximum absolute atomic E-state index is 12.5. The minimum Gasteiger partial charge on any atom is -0.371 e. The number of carbonyl (C=O) groups is 1. The largest absolute Gasteiger partial charge is 0.371 e. The summed E-state index contributed by atoms with van der Waals surface area (Å²) in [5.41, 5.74) is 4.45. The van der Waals surface area contributed by atoms with Gasteiger partial charge in [-0.15, -0.1) is 0 Å². The van der Waals surface area contributed by atoms with E-state index in [1.54, 1.807) is 0 Å². The summed E-state index contributed by atoms with van der Waals surface area (Å²) in [6, 6.07) is 16.6. The Hall–Kier alpha value is -2.79. The second-order valence-electron chi connectivity index (χ2n) is 7.63. The summed E-state index contributed by atoms with van der Waals surface area (Å²) in [5, 5.41) is 7.75. The maximum Gasteiger partial charge on any atom is 0.225 e. The first-order valence-electron chi connectivity index (χ1n) is 10.1. The fourth-order valence-electron chi connectivity index (χ4n) is 3.91. The summed E-state index contributed by atoms with van der Waals surface area (Å²) in [7, 11) is 0. The number of nitrogens with zero attached hydrogens (tertiary/aromatic N) is 1. The van der Waals surface area contributed by atoms with Gasteiger partial charge in [0.25, 0.3) is 0 Å². The van der Waals surface area contributed by atoms with Gasteiger partial charge in [0.05, 0.1) is 0 Å². The van der Waals surface area contributed by atoms with Crippen LogP contribution in [0.5, 0.6) is 0 Å². The second kappa shape index (κ2) is 8.48. The molecule has 0 saturated carbocycles. The van der Waals surface area contributed by atoms with Gasteiger partial charge in [0.15, 0.2) is 0 Å². The number of fused-ring (bicyclic) bond motifs is 1. The molecule has 5 heteroatoms. The topological polar surface area (TPSA) is 60.2 Å². The number of carbonyl (C=O) groups excluding carboxylic acids is 1. The quantitative estimate of drug-likeness (QED) is 0.577. The first kappa shape index (κ1) is 18.6. The number of hydrogen-bond acceptors (Lipinski definition) is 3. The Balaban J connectivity index is 1.30. The highest BCUT2D eigenvalue weighted by Crippen LogP contribution is 2.23. The molecule has 0 bridgehead atoms. The molecule has 3 N–H and O–H groups in total. The molecular formula is C23H28N4O. The minimum atomic E-state index is 0.0402. The number of aromatic nitrogens is 1. The number of benzene rings is 2. The normalized spacial score (nSPS) is 15.1. The van der Waals surface area contributed by atoms with Crippen LogP contribution in [0.25, 0.3) is 10.9 Å². The van der Waals surface area contributed by atoms with E-state index >= 15 is 0 Å². The van der Waals surface area contributed by atoms with E-state index < -0.39 is 0 Å². The van der Waals surface area contributed by atoms with Crippen molar-refractivity contribution in [1.82, 2.24) is 10.3 Å². The molecule has 1 fully saturated rings. The molecule has 146 valence electrons. The van der Waals surface area contributed by atoms with E-state index in [1.165, 1.54) is 29.5 Å². The van der Waals surface area contributed by atoms with Crippen molar-refractivity contribution in [2.75, 3.05) is 23.3 Å². The second-order valence-corrected chi connectivity index (χ2v) is 7.63. The van der Waals surface area contributed by atoms with Gasteiger partial charge in [0.1, 0.15) is 0 Å².